The fraction of sp³-hybridized carbons (Fsp3) is 0.579. The van der Waals surface area contributed by atoms with E-state index in [0.717, 1.165) is 18.8 Å². The first-order valence-electron chi connectivity index (χ1n) is 8.82. The van der Waals surface area contributed by atoms with Gasteiger partial charge in [-0.05, 0) is 38.1 Å². The van der Waals surface area contributed by atoms with Crippen LogP contribution < -0.4 is 10.1 Å². The zero-order valence-electron chi connectivity index (χ0n) is 14.8. The maximum absolute atomic E-state index is 13.5. The number of carbonyl (C=O) groups is 1. The van der Waals surface area contributed by atoms with Gasteiger partial charge in [0.1, 0.15) is 5.75 Å². The van der Waals surface area contributed by atoms with E-state index in [1.54, 1.807) is 6.20 Å². The summed E-state index contributed by atoms with van der Waals surface area (Å²) >= 11 is 0. The van der Waals surface area contributed by atoms with Crippen LogP contribution in [0.15, 0.2) is 30.5 Å². The van der Waals surface area contributed by atoms with Gasteiger partial charge in [-0.3, -0.25) is 9.78 Å². The van der Waals surface area contributed by atoms with Crippen molar-refractivity contribution in [2.75, 3.05) is 19.6 Å². The Morgan fingerprint density at radius 3 is 2.83 bits per heavy atom. The minimum Gasteiger partial charge on any atom is -0.475 e. The summed E-state index contributed by atoms with van der Waals surface area (Å²) in [5.74, 6) is 1.21. The Labute approximate surface area is 144 Å². The van der Waals surface area contributed by atoms with Crippen LogP contribution in [0.3, 0.4) is 0 Å². The number of pyridine rings is 1. The fourth-order valence-corrected chi connectivity index (χ4v) is 3.58. The van der Waals surface area contributed by atoms with Crippen molar-refractivity contribution in [1.29, 1.82) is 0 Å². The topological polar surface area (TPSA) is 54.5 Å². The molecule has 1 fully saturated rings. The second-order valence-corrected chi connectivity index (χ2v) is 7.05. The van der Waals surface area contributed by atoms with Gasteiger partial charge in [0.2, 0.25) is 0 Å². The van der Waals surface area contributed by atoms with Crippen molar-refractivity contribution in [3.05, 3.63) is 36.2 Å². The average molecular weight is 329 g/mol. The lowest BCUT2D eigenvalue weighted by molar-refractivity contribution is -0.152. The second kappa shape index (κ2) is 6.93. The molecule has 0 spiro atoms. The lowest BCUT2D eigenvalue weighted by Crippen LogP contribution is -2.59. The van der Waals surface area contributed by atoms with Gasteiger partial charge in [-0.2, -0.15) is 0 Å². The molecule has 130 valence electrons. The second-order valence-electron chi connectivity index (χ2n) is 7.05. The smallest absolute Gasteiger partial charge is 0.267 e. The van der Waals surface area contributed by atoms with Crippen LogP contribution >= 0.6 is 0 Å². The number of hydrogen-bond donors (Lipinski definition) is 1. The van der Waals surface area contributed by atoms with Crippen molar-refractivity contribution in [3.8, 4) is 5.75 Å². The third-order valence-electron chi connectivity index (χ3n) is 5.00. The predicted octanol–water partition coefficient (Wildman–Crippen LogP) is 2.31. The molecule has 0 aliphatic carbocycles. The molecule has 24 heavy (non-hydrogen) atoms. The van der Waals surface area contributed by atoms with Gasteiger partial charge in [0, 0.05) is 25.6 Å². The number of ether oxygens (including phenoxy) is 1. The Hall–Kier alpha value is -1.88. The highest BCUT2D eigenvalue weighted by Gasteiger charge is 2.47. The highest BCUT2D eigenvalue weighted by Crippen LogP contribution is 2.32. The molecule has 1 atom stereocenters. The molecule has 0 aromatic carbocycles. The monoisotopic (exact) mass is 329 g/mol. The number of amides is 1. The van der Waals surface area contributed by atoms with E-state index in [2.05, 4.69) is 36.3 Å². The minimum absolute atomic E-state index is 0.107. The standard InChI is InChI=1S/C19H27N3O2/c1-14(2)16-6-5-13-22(16)18(23)19(8-11-20-12-9-19)24-17-7-4-10-21-15(17)3/h4-7,10,14,16,20H,8-9,11-13H2,1-3H3. The molecule has 1 saturated heterocycles. The summed E-state index contributed by atoms with van der Waals surface area (Å²) in [7, 11) is 0. The number of hydrogen-bond acceptors (Lipinski definition) is 4. The molecule has 1 N–H and O–H groups in total. The molecule has 5 heteroatoms. The van der Waals surface area contributed by atoms with Crippen molar-refractivity contribution in [1.82, 2.24) is 15.2 Å². The van der Waals surface area contributed by atoms with Crippen molar-refractivity contribution < 1.29 is 9.53 Å². The van der Waals surface area contributed by atoms with E-state index in [0.29, 0.717) is 31.1 Å². The van der Waals surface area contributed by atoms with E-state index in [9.17, 15) is 4.79 Å². The maximum Gasteiger partial charge on any atom is 0.267 e. The normalized spacial score (nSPS) is 22.8. The van der Waals surface area contributed by atoms with Gasteiger partial charge in [-0.25, -0.2) is 0 Å². The number of piperidine rings is 1. The summed E-state index contributed by atoms with van der Waals surface area (Å²) in [5, 5.41) is 3.34. The van der Waals surface area contributed by atoms with E-state index in [-0.39, 0.29) is 11.9 Å². The first-order chi connectivity index (χ1) is 11.5. The SMILES string of the molecule is Cc1ncccc1OC1(C(=O)N2CC=CC2C(C)C)CCNCC1. The molecule has 0 radical (unpaired) electrons. The molecule has 0 saturated carbocycles. The molecular formula is C19H27N3O2. The molecule has 1 unspecified atom stereocenters. The molecule has 1 amide bonds. The quantitative estimate of drug-likeness (QED) is 0.861. The Morgan fingerprint density at radius 1 is 1.42 bits per heavy atom. The van der Waals surface area contributed by atoms with Crippen molar-refractivity contribution in [2.24, 2.45) is 5.92 Å². The lowest BCUT2D eigenvalue weighted by atomic mass is 9.89. The van der Waals surface area contributed by atoms with E-state index in [1.165, 1.54) is 0 Å². The molecule has 1 aromatic rings. The summed E-state index contributed by atoms with van der Waals surface area (Å²) < 4.78 is 6.35. The molecule has 2 aliphatic rings. The summed E-state index contributed by atoms with van der Waals surface area (Å²) in [6.07, 6.45) is 7.35. The maximum atomic E-state index is 13.5. The zero-order valence-corrected chi connectivity index (χ0v) is 14.8. The zero-order chi connectivity index (χ0) is 17.2. The van der Waals surface area contributed by atoms with Gasteiger partial charge in [-0.1, -0.05) is 26.0 Å². The van der Waals surface area contributed by atoms with Gasteiger partial charge in [-0.15, -0.1) is 0 Å². The first kappa shape index (κ1) is 17.0. The number of aromatic nitrogens is 1. The third-order valence-corrected chi connectivity index (χ3v) is 5.00. The van der Waals surface area contributed by atoms with Crippen LogP contribution in [-0.4, -0.2) is 47.1 Å². The number of nitrogens with zero attached hydrogens (tertiary/aromatic N) is 2. The molecule has 0 bridgehead atoms. The molecule has 1 aromatic heterocycles. The summed E-state index contributed by atoms with van der Waals surface area (Å²) in [5.41, 5.74) is 0.0289. The van der Waals surface area contributed by atoms with E-state index >= 15 is 0 Å². The molecule has 3 rings (SSSR count). The average Bonchev–Trinajstić information content (AvgIpc) is 3.07. The summed E-state index contributed by atoms with van der Waals surface area (Å²) in [6.45, 7) is 8.48. The van der Waals surface area contributed by atoms with E-state index in [4.69, 9.17) is 4.74 Å². The van der Waals surface area contributed by atoms with Crippen LogP contribution in [0.4, 0.5) is 0 Å². The van der Waals surface area contributed by atoms with Crippen LogP contribution in [0.1, 0.15) is 32.4 Å². The Bertz CT molecular complexity index is 621. The van der Waals surface area contributed by atoms with Crippen molar-refractivity contribution in [3.63, 3.8) is 0 Å². The molecule has 2 aliphatic heterocycles. The highest BCUT2D eigenvalue weighted by atomic mass is 16.5. The largest absolute Gasteiger partial charge is 0.475 e. The van der Waals surface area contributed by atoms with Crippen LogP contribution in [0.5, 0.6) is 5.75 Å². The van der Waals surface area contributed by atoms with Gasteiger partial charge < -0.3 is 15.0 Å². The fourth-order valence-electron chi connectivity index (χ4n) is 3.58. The molecule has 3 heterocycles. The number of nitrogens with one attached hydrogen (secondary N) is 1. The number of carbonyl (C=O) groups excluding carboxylic acids is 1. The summed E-state index contributed by atoms with van der Waals surface area (Å²) in [4.78, 5) is 19.7. The Kier molecular flexibility index (Phi) is 4.90. The van der Waals surface area contributed by atoms with Gasteiger partial charge in [0.05, 0.1) is 11.7 Å². The van der Waals surface area contributed by atoms with Crippen molar-refractivity contribution in [2.45, 2.75) is 45.3 Å². The van der Waals surface area contributed by atoms with Crippen molar-refractivity contribution >= 4 is 5.91 Å². The van der Waals surface area contributed by atoms with Gasteiger partial charge in [0.15, 0.2) is 5.60 Å². The predicted molar refractivity (Wildman–Crippen MR) is 93.9 cm³/mol. The third kappa shape index (κ3) is 3.18. The van der Waals surface area contributed by atoms with Gasteiger partial charge in [0.25, 0.3) is 5.91 Å². The number of rotatable bonds is 4. The van der Waals surface area contributed by atoms with Gasteiger partial charge >= 0.3 is 0 Å². The van der Waals surface area contributed by atoms with Crippen LogP contribution in [-0.2, 0) is 4.79 Å². The van der Waals surface area contributed by atoms with Crippen LogP contribution in [0, 0.1) is 12.8 Å². The number of aryl methyl sites for hydroxylation is 1. The minimum atomic E-state index is -0.793. The van der Waals surface area contributed by atoms with Crippen LogP contribution in [0.25, 0.3) is 0 Å². The Morgan fingerprint density at radius 2 is 2.17 bits per heavy atom. The lowest BCUT2D eigenvalue weighted by Gasteiger charge is -2.41. The summed E-state index contributed by atoms with van der Waals surface area (Å²) in [6, 6.07) is 3.92. The van der Waals surface area contributed by atoms with E-state index < -0.39 is 5.60 Å². The van der Waals surface area contributed by atoms with Crippen LogP contribution in [0.2, 0.25) is 0 Å². The Balaban J connectivity index is 1.88. The van der Waals surface area contributed by atoms with E-state index in [1.807, 2.05) is 24.0 Å². The first-order valence-corrected chi connectivity index (χ1v) is 8.82. The highest BCUT2D eigenvalue weighted by molar-refractivity contribution is 5.87. The molecule has 5 nitrogen and oxygen atoms in total. The molecular weight excluding hydrogens is 302 g/mol.